The lowest BCUT2D eigenvalue weighted by atomic mass is 10.3. The van der Waals surface area contributed by atoms with Crippen LogP contribution in [0.3, 0.4) is 0 Å². The molecule has 1 N–H and O–H groups in total. The minimum atomic E-state index is -0.660. The third-order valence-corrected chi connectivity index (χ3v) is 3.37. The summed E-state index contributed by atoms with van der Waals surface area (Å²) in [5, 5.41) is 13.0. The molecule has 0 aromatic heterocycles. The summed E-state index contributed by atoms with van der Waals surface area (Å²) in [6.45, 7) is 1.78. The molecule has 0 unspecified atom stereocenters. The van der Waals surface area contributed by atoms with Crippen molar-refractivity contribution >= 4 is 29.3 Å². The molecule has 2 amide bonds. The fourth-order valence-corrected chi connectivity index (χ4v) is 2.13. The van der Waals surface area contributed by atoms with Gasteiger partial charge in [0.2, 0.25) is 0 Å². The van der Waals surface area contributed by atoms with Crippen molar-refractivity contribution in [1.82, 2.24) is 4.90 Å². The molecule has 1 aliphatic rings. The van der Waals surface area contributed by atoms with Crippen LogP contribution in [0.5, 0.6) is 0 Å². The Labute approximate surface area is 120 Å². The zero-order valence-corrected chi connectivity index (χ0v) is 11.5. The van der Waals surface area contributed by atoms with Gasteiger partial charge in [0.1, 0.15) is 5.40 Å². The molecule has 1 aliphatic heterocycles. The smallest absolute Gasteiger partial charge is 0.313 e. The lowest BCUT2D eigenvalue weighted by Gasteiger charge is -2.26. The molecule has 0 radical (unpaired) electrons. The van der Waals surface area contributed by atoms with Crippen molar-refractivity contribution in [1.29, 1.82) is 5.26 Å². The van der Waals surface area contributed by atoms with Crippen LogP contribution in [0.25, 0.3) is 0 Å². The van der Waals surface area contributed by atoms with Crippen LogP contribution in [-0.4, -0.2) is 43.0 Å². The second kappa shape index (κ2) is 6.93. The summed E-state index contributed by atoms with van der Waals surface area (Å²) in [7, 11) is 0. The molecule has 2 rings (SSSR count). The van der Waals surface area contributed by atoms with Gasteiger partial charge in [0.05, 0.1) is 13.2 Å². The fourth-order valence-electron chi connectivity index (χ4n) is 1.75. The van der Waals surface area contributed by atoms with Gasteiger partial charge in [-0.1, -0.05) is 0 Å². The largest absolute Gasteiger partial charge is 0.378 e. The molecular weight excluding hydrogens is 278 g/mol. The van der Waals surface area contributed by atoms with Crippen LogP contribution in [0.15, 0.2) is 29.2 Å². The normalized spacial score (nSPS) is 14.4. The number of thiocyanates is 1. The number of hydrogen-bond donors (Lipinski definition) is 1. The number of morpholine rings is 1. The van der Waals surface area contributed by atoms with E-state index in [0.717, 1.165) is 16.7 Å². The minimum absolute atomic E-state index is 0.435. The number of carbonyl (C=O) groups is 2. The molecule has 7 heteroatoms. The average molecular weight is 291 g/mol. The zero-order valence-electron chi connectivity index (χ0n) is 10.7. The molecule has 0 bridgehead atoms. The van der Waals surface area contributed by atoms with E-state index in [4.69, 9.17) is 10.00 Å². The van der Waals surface area contributed by atoms with Crippen molar-refractivity contribution in [3.8, 4) is 5.40 Å². The van der Waals surface area contributed by atoms with Crippen molar-refractivity contribution in [2.45, 2.75) is 4.90 Å². The van der Waals surface area contributed by atoms with Gasteiger partial charge in [-0.3, -0.25) is 9.59 Å². The Morgan fingerprint density at radius 3 is 2.50 bits per heavy atom. The van der Waals surface area contributed by atoms with E-state index < -0.39 is 11.8 Å². The number of rotatable bonds is 2. The number of nitrogens with zero attached hydrogens (tertiary/aromatic N) is 2. The molecular formula is C13H13N3O3S. The molecule has 104 valence electrons. The molecule has 1 saturated heterocycles. The summed E-state index contributed by atoms with van der Waals surface area (Å²) in [4.78, 5) is 26.0. The number of nitriles is 1. The summed E-state index contributed by atoms with van der Waals surface area (Å²) >= 11 is 1.04. The molecule has 1 heterocycles. The number of carbonyl (C=O) groups excluding carboxylic acids is 2. The van der Waals surface area contributed by atoms with Crippen molar-refractivity contribution in [3.05, 3.63) is 24.3 Å². The van der Waals surface area contributed by atoms with Gasteiger partial charge in [0, 0.05) is 23.7 Å². The maximum Gasteiger partial charge on any atom is 0.313 e. The number of anilines is 1. The van der Waals surface area contributed by atoms with Crippen molar-refractivity contribution in [2.24, 2.45) is 0 Å². The van der Waals surface area contributed by atoms with Crippen LogP contribution in [-0.2, 0) is 14.3 Å². The quantitative estimate of drug-likeness (QED) is 0.500. The zero-order chi connectivity index (χ0) is 14.4. The van der Waals surface area contributed by atoms with Crippen molar-refractivity contribution in [3.63, 3.8) is 0 Å². The number of amides is 2. The number of nitrogens with one attached hydrogen (secondary N) is 1. The Balaban J connectivity index is 1.93. The highest BCUT2D eigenvalue weighted by atomic mass is 32.2. The summed E-state index contributed by atoms with van der Waals surface area (Å²) in [6, 6.07) is 6.74. The minimum Gasteiger partial charge on any atom is -0.378 e. The molecule has 0 spiro atoms. The van der Waals surface area contributed by atoms with Gasteiger partial charge < -0.3 is 15.0 Å². The molecule has 0 atom stereocenters. The van der Waals surface area contributed by atoms with E-state index in [2.05, 4.69) is 5.32 Å². The number of hydrogen-bond acceptors (Lipinski definition) is 5. The van der Waals surface area contributed by atoms with Gasteiger partial charge >= 0.3 is 11.8 Å². The first kappa shape index (κ1) is 14.4. The highest BCUT2D eigenvalue weighted by Gasteiger charge is 2.23. The second-order valence-electron chi connectivity index (χ2n) is 4.08. The Morgan fingerprint density at radius 2 is 1.90 bits per heavy atom. The van der Waals surface area contributed by atoms with Gasteiger partial charge in [0.25, 0.3) is 0 Å². The summed E-state index contributed by atoms with van der Waals surface area (Å²) in [6.07, 6.45) is 0. The van der Waals surface area contributed by atoms with Gasteiger partial charge in [-0.2, -0.15) is 5.26 Å². The van der Waals surface area contributed by atoms with Crippen LogP contribution >= 0.6 is 11.8 Å². The van der Waals surface area contributed by atoms with E-state index in [1.165, 1.54) is 4.90 Å². The molecule has 1 aromatic carbocycles. The number of thioether (sulfide) groups is 1. The summed E-state index contributed by atoms with van der Waals surface area (Å²) in [5.41, 5.74) is 0.527. The predicted octanol–water partition coefficient (Wildman–Crippen LogP) is 1.06. The first-order chi connectivity index (χ1) is 9.70. The van der Waals surface area contributed by atoms with Crippen LogP contribution in [0, 0.1) is 10.7 Å². The third kappa shape index (κ3) is 3.73. The summed E-state index contributed by atoms with van der Waals surface area (Å²) < 4.78 is 5.13. The first-order valence-electron chi connectivity index (χ1n) is 6.04. The summed E-state index contributed by atoms with van der Waals surface area (Å²) in [5.74, 6) is -1.21. The van der Waals surface area contributed by atoms with E-state index in [9.17, 15) is 9.59 Å². The van der Waals surface area contributed by atoms with Crippen LogP contribution < -0.4 is 5.32 Å². The van der Waals surface area contributed by atoms with Gasteiger partial charge in [0.15, 0.2) is 0 Å². The standard InChI is InChI=1S/C13H13N3O3S/c14-9-20-11-3-1-10(2-4-11)15-12(17)13(18)16-5-7-19-8-6-16/h1-4H,5-8H2,(H,15,17). The molecule has 1 aromatic rings. The lowest BCUT2D eigenvalue weighted by Crippen LogP contribution is -2.45. The van der Waals surface area contributed by atoms with Gasteiger partial charge in [-0.15, -0.1) is 0 Å². The van der Waals surface area contributed by atoms with Crippen LogP contribution in [0.2, 0.25) is 0 Å². The maximum atomic E-state index is 11.9. The Bertz CT molecular complexity index is 533. The Hall–Kier alpha value is -2.04. The van der Waals surface area contributed by atoms with E-state index in [-0.39, 0.29) is 0 Å². The number of benzene rings is 1. The second-order valence-corrected chi connectivity index (χ2v) is 4.93. The SMILES string of the molecule is N#CSc1ccc(NC(=O)C(=O)N2CCOCC2)cc1. The Kier molecular flexibility index (Phi) is 4.98. The monoisotopic (exact) mass is 291 g/mol. The first-order valence-corrected chi connectivity index (χ1v) is 6.86. The highest BCUT2D eigenvalue weighted by molar-refractivity contribution is 8.03. The lowest BCUT2D eigenvalue weighted by molar-refractivity contribution is -0.145. The van der Waals surface area contributed by atoms with Gasteiger partial charge in [-0.25, -0.2) is 0 Å². The Morgan fingerprint density at radius 1 is 1.25 bits per heavy atom. The van der Waals surface area contributed by atoms with E-state index in [1.54, 1.807) is 24.3 Å². The fraction of sp³-hybridized carbons (Fsp3) is 0.308. The van der Waals surface area contributed by atoms with Gasteiger partial charge in [-0.05, 0) is 36.0 Å². The predicted molar refractivity (Wildman–Crippen MR) is 73.9 cm³/mol. The maximum absolute atomic E-state index is 11.9. The van der Waals surface area contributed by atoms with E-state index in [1.807, 2.05) is 5.40 Å². The van der Waals surface area contributed by atoms with Crippen LogP contribution in [0.4, 0.5) is 5.69 Å². The molecule has 6 nitrogen and oxygen atoms in total. The van der Waals surface area contributed by atoms with E-state index >= 15 is 0 Å². The number of ether oxygens (including phenoxy) is 1. The molecule has 1 fully saturated rings. The third-order valence-electron chi connectivity index (χ3n) is 2.77. The molecule has 20 heavy (non-hydrogen) atoms. The van der Waals surface area contributed by atoms with Crippen LogP contribution in [0.1, 0.15) is 0 Å². The molecule has 0 saturated carbocycles. The van der Waals surface area contributed by atoms with Crippen molar-refractivity contribution < 1.29 is 14.3 Å². The molecule has 0 aliphatic carbocycles. The highest BCUT2D eigenvalue weighted by Crippen LogP contribution is 2.19. The average Bonchev–Trinajstić information content (AvgIpc) is 2.49. The van der Waals surface area contributed by atoms with Crippen molar-refractivity contribution in [2.75, 3.05) is 31.6 Å². The van der Waals surface area contributed by atoms with E-state index in [0.29, 0.717) is 32.0 Å². The topological polar surface area (TPSA) is 82.4 Å².